The van der Waals surface area contributed by atoms with Crippen LogP contribution in [0, 0.1) is 22.7 Å². The Morgan fingerprint density at radius 2 is 1.28 bits per heavy atom. The van der Waals surface area contributed by atoms with Crippen molar-refractivity contribution in [3.8, 4) is 29.0 Å². The zero-order valence-electron chi connectivity index (χ0n) is 22.6. The second-order valence-electron chi connectivity index (χ2n) is 10.7. The molecule has 0 fully saturated rings. The van der Waals surface area contributed by atoms with Crippen molar-refractivity contribution in [1.29, 1.82) is 10.5 Å². The van der Waals surface area contributed by atoms with Gasteiger partial charge in [0.2, 0.25) is 0 Å². The van der Waals surface area contributed by atoms with Crippen LogP contribution in [0.5, 0.6) is 0 Å². The van der Waals surface area contributed by atoms with Gasteiger partial charge in [0.1, 0.15) is 17.2 Å². The molecule has 0 unspecified atom stereocenters. The number of fused-ring (bicyclic) bond motifs is 9. The van der Waals surface area contributed by atoms with Crippen LogP contribution in [-0.4, -0.2) is 4.57 Å². The first-order valence-electron chi connectivity index (χ1n) is 14.0. The van der Waals surface area contributed by atoms with Gasteiger partial charge in [0.15, 0.2) is 11.2 Å². The molecule has 3 heterocycles. The number of para-hydroxylation sites is 4. The molecule has 0 bridgehead atoms. The van der Waals surface area contributed by atoms with Crippen molar-refractivity contribution in [1.82, 2.24) is 4.57 Å². The molecule has 6 aromatic carbocycles. The van der Waals surface area contributed by atoms with Gasteiger partial charge in [-0.2, -0.15) is 10.5 Å². The first kappa shape index (κ1) is 23.4. The summed E-state index contributed by atoms with van der Waals surface area (Å²) in [7, 11) is 0. The van der Waals surface area contributed by atoms with E-state index >= 15 is 0 Å². The number of hydrogen-bond donors (Lipinski definition) is 0. The Morgan fingerprint density at radius 1 is 0.512 bits per heavy atom. The van der Waals surface area contributed by atoms with Crippen molar-refractivity contribution in [2.75, 3.05) is 0 Å². The van der Waals surface area contributed by atoms with Gasteiger partial charge < -0.3 is 13.4 Å². The van der Waals surface area contributed by atoms with Crippen LogP contribution in [0.25, 0.3) is 82.5 Å². The predicted octanol–water partition coefficient (Wildman–Crippen LogP) is 9.99. The standard InChI is InChI=1S/C38H19N3O2/c39-20-22-15-17-25-24-7-1-3-12-31(24)41(33(25)19-22)32-13-6-11-30-35-27(18-16-23(21-40)36(35)43-38(30)32)29-10-5-9-28-26-8-2-4-14-34(26)42-37(28)29/h1-19H. The van der Waals surface area contributed by atoms with Crippen molar-refractivity contribution in [3.05, 3.63) is 126 Å². The number of hydrogen-bond acceptors (Lipinski definition) is 4. The first-order valence-corrected chi connectivity index (χ1v) is 14.0. The number of nitriles is 2. The van der Waals surface area contributed by atoms with Gasteiger partial charge >= 0.3 is 0 Å². The Kier molecular flexibility index (Phi) is 4.68. The molecule has 9 aromatic rings. The van der Waals surface area contributed by atoms with Crippen LogP contribution < -0.4 is 0 Å². The molecule has 0 aliphatic carbocycles. The van der Waals surface area contributed by atoms with Crippen LogP contribution >= 0.6 is 0 Å². The lowest BCUT2D eigenvalue weighted by atomic mass is 9.96. The molecule has 43 heavy (non-hydrogen) atoms. The summed E-state index contributed by atoms with van der Waals surface area (Å²) in [6.07, 6.45) is 0. The van der Waals surface area contributed by atoms with Gasteiger partial charge in [-0.05, 0) is 42.0 Å². The maximum Gasteiger partial charge on any atom is 0.159 e. The molecule has 0 spiro atoms. The maximum absolute atomic E-state index is 10.1. The molecule has 0 aliphatic heterocycles. The van der Waals surface area contributed by atoms with E-state index in [9.17, 15) is 10.5 Å². The predicted molar refractivity (Wildman–Crippen MR) is 170 cm³/mol. The molecule has 5 nitrogen and oxygen atoms in total. The number of aromatic nitrogens is 1. The zero-order valence-corrected chi connectivity index (χ0v) is 22.6. The molecule has 3 aromatic heterocycles. The fraction of sp³-hybridized carbons (Fsp3) is 0. The lowest BCUT2D eigenvalue weighted by molar-refractivity contribution is 0.665. The molecule has 0 saturated carbocycles. The van der Waals surface area contributed by atoms with Gasteiger partial charge in [0.05, 0.1) is 33.9 Å². The summed E-state index contributed by atoms with van der Waals surface area (Å²) >= 11 is 0. The monoisotopic (exact) mass is 549 g/mol. The van der Waals surface area contributed by atoms with Crippen molar-refractivity contribution < 1.29 is 8.83 Å². The van der Waals surface area contributed by atoms with E-state index in [1.807, 2.05) is 84.9 Å². The molecule has 0 aliphatic rings. The molecule has 0 atom stereocenters. The van der Waals surface area contributed by atoms with Crippen LogP contribution in [-0.2, 0) is 0 Å². The molecule has 0 radical (unpaired) electrons. The van der Waals surface area contributed by atoms with Crippen molar-refractivity contribution >= 4 is 65.7 Å². The minimum absolute atomic E-state index is 0.465. The molecule has 0 amide bonds. The van der Waals surface area contributed by atoms with E-state index in [2.05, 4.69) is 47.0 Å². The topological polar surface area (TPSA) is 78.8 Å². The second kappa shape index (κ2) is 8.60. The second-order valence-corrected chi connectivity index (χ2v) is 10.7. The quantitative estimate of drug-likeness (QED) is 0.215. The summed E-state index contributed by atoms with van der Waals surface area (Å²) in [6.45, 7) is 0. The highest BCUT2D eigenvalue weighted by molar-refractivity contribution is 6.20. The SMILES string of the molecule is N#Cc1ccc2c3ccccc3n(-c3cccc4c3oc3c(C#N)ccc(-c5cccc6c5oc5ccccc56)c34)c2c1. The van der Waals surface area contributed by atoms with Crippen LogP contribution in [0.2, 0.25) is 0 Å². The molecule has 198 valence electrons. The Balaban J connectivity index is 1.41. The van der Waals surface area contributed by atoms with Crippen molar-refractivity contribution in [3.63, 3.8) is 0 Å². The first-order chi connectivity index (χ1) is 21.2. The van der Waals surface area contributed by atoms with Gasteiger partial charge in [-0.3, -0.25) is 0 Å². The summed E-state index contributed by atoms with van der Waals surface area (Å²) in [6, 6.07) is 42.7. The summed E-state index contributed by atoms with van der Waals surface area (Å²) < 4.78 is 15.2. The van der Waals surface area contributed by atoms with E-state index in [-0.39, 0.29) is 0 Å². The molecule has 0 N–H and O–H groups in total. The van der Waals surface area contributed by atoms with E-state index in [1.54, 1.807) is 0 Å². The van der Waals surface area contributed by atoms with Crippen molar-refractivity contribution in [2.45, 2.75) is 0 Å². The molecular formula is C38H19N3O2. The van der Waals surface area contributed by atoms with Crippen LogP contribution in [0.4, 0.5) is 0 Å². The van der Waals surface area contributed by atoms with E-state index in [1.165, 1.54) is 0 Å². The number of rotatable bonds is 2. The van der Waals surface area contributed by atoms with Gasteiger partial charge in [0, 0.05) is 37.9 Å². The average molecular weight is 550 g/mol. The maximum atomic E-state index is 10.1. The third-order valence-corrected chi connectivity index (χ3v) is 8.48. The van der Waals surface area contributed by atoms with Gasteiger partial charge in [-0.25, -0.2) is 0 Å². The van der Waals surface area contributed by atoms with E-state index in [0.29, 0.717) is 22.3 Å². The normalized spacial score (nSPS) is 11.7. The lowest BCUT2D eigenvalue weighted by Gasteiger charge is -2.09. The van der Waals surface area contributed by atoms with Gasteiger partial charge in [-0.1, -0.05) is 78.9 Å². The van der Waals surface area contributed by atoms with E-state index in [4.69, 9.17) is 8.83 Å². The van der Waals surface area contributed by atoms with Crippen LogP contribution in [0.15, 0.2) is 124 Å². The molecule has 5 heteroatoms. The average Bonchev–Trinajstić information content (AvgIpc) is 3.74. The van der Waals surface area contributed by atoms with Gasteiger partial charge in [-0.15, -0.1) is 0 Å². The molecule has 9 rings (SSSR count). The van der Waals surface area contributed by atoms with Crippen molar-refractivity contribution in [2.24, 2.45) is 0 Å². The lowest BCUT2D eigenvalue weighted by Crippen LogP contribution is -1.94. The number of furan rings is 2. The molecular weight excluding hydrogens is 530 g/mol. The summed E-state index contributed by atoms with van der Waals surface area (Å²) in [5.41, 5.74) is 8.52. The Morgan fingerprint density at radius 3 is 2.16 bits per heavy atom. The Bertz CT molecular complexity index is 2710. The number of benzene rings is 6. The minimum atomic E-state index is 0.465. The third-order valence-electron chi connectivity index (χ3n) is 8.48. The summed E-state index contributed by atoms with van der Waals surface area (Å²) in [5.74, 6) is 0. The fourth-order valence-corrected chi connectivity index (χ4v) is 6.63. The van der Waals surface area contributed by atoms with E-state index < -0.39 is 0 Å². The van der Waals surface area contributed by atoms with Gasteiger partial charge in [0.25, 0.3) is 0 Å². The smallest absolute Gasteiger partial charge is 0.159 e. The highest BCUT2D eigenvalue weighted by atomic mass is 16.3. The summed E-state index contributed by atoms with van der Waals surface area (Å²) in [4.78, 5) is 0. The Labute approximate surface area is 244 Å². The highest BCUT2D eigenvalue weighted by Gasteiger charge is 2.23. The Hall–Kier alpha value is -6.30. The molecule has 0 saturated heterocycles. The van der Waals surface area contributed by atoms with Crippen LogP contribution in [0.3, 0.4) is 0 Å². The third kappa shape index (κ3) is 3.14. The zero-order chi connectivity index (χ0) is 28.7. The van der Waals surface area contributed by atoms with E-state index in [0.717, 1.165) is 71.3 Å². The summed E-state index contributed by atoms with van der Waals surface area (Å²) in [5, 5.41) is 25.8. The minimum Gasteiger partial charge on any atom is -0.455 e. The van der Waals surface area contributed by atoms with Crippen LogP contribution in [0.1, 0.15) is 11.1 Å². The highest BCUT2D eigenvalue weighted by Crippen LogP contribution is 2.44. The number of nitrogens with zero attached hydrogens (tertiary/aromatic N) is 3. The fourth-order valence-electron chi connectivity index (χ4n) is 6.63. The largest absolute Gasteiger partial charge is 0.455 e.